The zero-order chi connectivity index (χ0) is 19.6. The summed E-state index contributed by atoms with van der Waals surface area (Å²) in [6.07, 6.45) is 1.88. The van der Waals surface area contributed by atoms with Gasteiger partial charge in [-0.05, 0) is 23.3 Å². The number of methoxy groups -OCH3 is 1. The van der Waals surface area contributed by atoms with Crippen molar-refractivity contribution < 1.29 is 9.53 Å². The Kier molecular flexibility index (Phi) is 4.69. The summed E-state index contributed by atoms with van der Waals surface area (Å²) in [4.78, 5) is 11.7. The summed E-state index contributed by atoms with van der Waals surface area (Å²) in [6, 6.07) is 12.8. The maximum absolute atomic E-state index is 11.7. The fraction of sp³-hybridized carbons (Fsp3) is 0.300. The molecule has 0 amide bonds. The summed E-state index contributed by atoms with van der Waals surface area (Å²) < 4.78 is 4.71. The van der Waals surface area contributed by atoms with Gasteiger partial charge in [0.1, 0.15) is 6.07 Å². The molecule has 1 aliphatic heterocycles. The molecule has 3 N–H and O–H groups in total. The van der Waals surface area contributed by atoms with E-state index >= 15 is 0 Å². The Hall–Kier alpha value is -3.60. The smallest absolute Gasteiger partial charge is 0.337 e. The molecule has 1 aromatic carbocycles. The van der Waals surface area contributed by atoms with E-state index in [4.69, 9.17) is 10.5 Å². The van der Waals surface area contributed by atoms with Crippen LogP contribution < -0.4 is 11.1 Å². The first-order valence-corrected chi connectivity index (χ1v) is 8.36. The van der Waals surface area contributed by atoms with Gasteiger partial charge in [-0.1, -0.05) is 18.2 Å². The van der Waals surface area contributed by atoms with Crippen LogP contribution in [0.3, 0.4) is 0 Å². The third-order valence-electron chi connectivity index (χ3n) is 5.24. The Bertz CT molecular complexity index is 956. The third kappa shape index (κ3) is 2.64. The van der Waals surface area contributed by atoms with Crippen LogP contribution in [0, 0.1) is 45.3 Å². The van der Waals surface area contributed by atoms with Gasteiger partial charge in [0.15, 0.2) is 5.41 Å². The molecule has 0 spiro atoms. The average Bonchev–Trinajstić information content (AvgIpc) is 2.72. The number of allylic oxidation sites excluding steroid dienone is 2. The zero-order valence-corrected chi connectivity index (χ0v) is 14.7. The van der Waals surface area contributed by atoms with Crippen molar-refractivity contribution in [3.8, 4) is 18.2 Å². The topological polar surface area (TPSA) is 136 Å². The number of nitrogens with two attached hydrogens (primary N) is 1. The van der Waals surface area contributed by atoms with Gasteiger partial charge in [-0.25, -0.2) is 4.79 Å². The van der Waals surface area contributed by atoms with Crippen molar-refractivity contribution in [2.75, 3.05) is 20.2 Å². The number of hydrogen-bond donors (Lipinski definition) is 2. The number of carbonyl (C=O) groups is 1. The SMILES string of the molecule is COC(=O)c1ccc([C@H]2[C@@H]3CNCC=C3C(C#N)=C(N)C2(C#N)C#N)cc1. The molecular formula is C20H17N5O2. The van der Waals surface area contributed by atoms with Crippen molar-refractivity contribution in [3.63, 3.8) is 0 Å². The van der Waals surface area contributed by atoms with E-state index in [1.807, 2.05) is 6.08 Å². The zero-order valence-electron chi connectivity index (χ0n) is 14.7. The van der Waals surface area contributed by atoms with Crippen molar-refractivity contribution in [2.24, 2.45) is 17.1 Å². The van der Waals surface area contributed by atoms with Crippen LogP contribution in [0.5, 0.6) is 0 Å². The van der Waals surface area contributed by atoms with Gasteiger partial charge in [-0.15, -0.1) is 0 Å². The van der Waals surface area contributed by atoms with E-state index in [2.05, 4.69) is 23.5 Å². The van der Waals surface area contributed by atoms with Crippen LogP contribution in [-0.4, -0.2) is 26.2 Å². The highest BCUT2D eigenvalue weighted by molar-refractivity contribution is 5.89. The van der Waals surface area contributed by atoms with E-state index in [1.165, 1.54) is 7.11 Å². The number of ether oxygens (including phenoxy) is 1. The van der Waals surface area contributed by atoms with Gasteiger partial charge in [-0.2, -0.15) is 15.8 Å². The number of fused-ring (bicyclic) bond motifs is 1. The molecule has 0 saturated heterocycles. The number of nitrogens with one attached hydrogen (secondary N) is 1. The second kappa shape index (κ2) is 6.96. The number of rotatable bonds is 2. The lowest BCUT2D eigenvalue weighted by atomic mass is 9.58. The van der Waals surface area contributed by atoms with Crippen molar-refractivity contribution >= 4 is 5.97 Å². The molecule has 27 heavy (non-hydrogen) atoms. The molecule has 2 atom stereocenters. The van der Waals surface area contributed by atoms with Crippen LogP contribution in [0.25, 0.3) is 0 Å². The maximum Gasteiger partial charge on any atom is 0.337 e. The van der Waals surface area contributed by atoms with Gasteiger partial charge < -0.3 is 15.8 Å². The summed E-state index contributed by atoms with van der Waals surface area (Å²) in [5, 5.41) is 32.6. The lowest BCUT2D eigenvalue weighted by Gasteiger charge is -2.43. The molecule has 134 valence electrons. The molecule has 3 rings (SSSR count). The van der Waals surface area contributed by atoms with Gasteiger partial charge in [0.05, 0.1) is 36.1 Å². The summed E-state index contributed by atoms with van der Waals surface area (Å²) >= 11 is 0. The summed E-state index contributed by atoms with van der Waals surface area (Å²) in [5.41, 5.74) is 6.57. The molecule has 0 saturated carbocycles. The first kappa shape index (κ1) is 18.2. The highest BCUT2D eigenvalue weighted by atomic mass is 16.5. The normalized spacial score (nSPS) is 23.1. The molecule has 7 heteroatoms. The van der Waals surface area contributed by atoms with Gasteiger partial charge >= 0.3 is 5.97 Å². The molecule has 0 unspecified atom stereocenters. The molecule has 1 heterocycles. The lowest BCUT2D eigenvalue weighted by Crippen LogP contribution is -2.46. The number of esters is 1. The Labute approximate surface area is 156 Å². The molecule has 1 aliphatic carbocycles. The van der Waals surface area contributed by atoms with Crippen molar-refractivity contribution in [2.45, 2.75) is 5.92 Å². The Morgan fingerprint density at radius 1 is 1.26 bits per heavy atom. The van der Waals surface area contributed by atoms with Crippen LogP contribution in [0.2, 0.25) is 0 Å². The Balaban J connectivity index is 2.22. The minimum atomic E-state index is -1.67. The second-order valence-corrected chi connectivity index (χ2v) is 6.45. The highest BCUT2D eigenvalue weighted by Crippen LogP contribution is 2.53. The number of carbonyl (C=O) groups excluding carboxylic acids is 1. The first-order chi connectivity index (χ1) is 13.0. The van der Waals surface area contributed by atoms with Gasteiger partial charge in [0.2, 0.25) is 0 Å². The van der Waals surface area contributed by atoms with Crippen molar-refractivity contribution in [1.82, 2.24) is 5.32 Å². The van der Waals surface area contributed by atoms with E-state index in [9.17, 15) is 20.6 Å². The van der Waals surface area contributed by atoms with E-state index in [1.54, 1.807) is 24.3 Å². The third-order valence-corrected chi connectivity index (χ3v) is 5.24. The second-order valence-electron chi connectivity index (χ2n) is 6.45. The molecule has 0 bridgehead atoms. The predicted octanol–water partition coefficient (Wildman–Crippen LogP) is 1.49. The number of benzene rings is 1. The molecule has 0 aromatic heterocycles. The van der Waals surface area contributed by atoms with Crippen LogP contribution in [0.1, 0.15) is 21.8 Å². The summed E-state index contributed by atoms with van der Waals surface area (Å²) in [6.45, 7) is 1.10. The maximum atomic E-state index is 11.7. The van der Waals surface area contributed by atoms with Crippen molar-refractivity contribution in [3.05, 3.63) is 58.3 Å². The minimum absolute atomic E-state index is 0.0126. The molecule has 0 radical (unpaired) electrons. The quantitative estimate of drug-likeness (QED) is 0.763. The highest BCUT2D eigenvalue weighted by Gasteiger charge is 2.53. The molecular weight excluding hydrogens is 342 g/mol. The van der Waals surface area contributed by atoms with Crippen LogP contribution in [0.15, 0.2) is 47.2 Å². The molecule has 0 fully saturated rings. The minimum Gasteiger partial charge on any atom is -0.465 e. The fourth-order valence-corrected chi connectivity index (χ4v) is 3.93. The average molecular weight is 359 g/mol. The van der Waals surface area contributed by atoms with Crippen LogP contribution in [-0.2, 0) is 4.74 Å². The van der Waals surface area contributed by atoms with Gasteiger partial charge in [0, 0.05) is 24.9 Å². The Morgan fingerprint density at radius 2 is 1.93 bits per heavy atom. The fourth-order valence-electron chi connectivity index (χ4n) is 3.93. The molecule has 1 aromatic rings. The monoisotopic (exact) mass is 359 g/mol. The van der Waals surface area contributed by atoms with Gasteiger partial charge in [-0.3, -0.25) is 0 Å². The van der Waals surface area contributed by atoms with Crippen LogP contribution in [0.4, 0.5) is 0 Å². The molecule has 2 aliphatic rings. The van der Waals surface area contributed by atoms with Crippen molar-refractivity contribution in [1.29, 1.82) is 15.8 Å². The summed E-state index contributed by atoms with van der Waals surface area (Å²) in [5.74, 6) is -1.30. The standard InChI is InChI=1S/C20H17N5O2/c1-27-19(26)13-4-2-12(3-5-13)17-16-9-25-7-6-14(16)15(8-21)18(24)20(17,10-22)11-23/h2-6,16-17,25H,7,9,24H2,1H3/t16-,17+/m1/s1. The first-order valence-electron chi connectivity index (χ1n) is 8.36. The van der Waals surface area contributed by atoms with E-state index in [-0.39, 0.29) is 17.2 Å². The van der Waals surface area contributed by atoms with E-state index in [0.29, 0.717) is 24.2 Å². The van der Waals surface area contributed by atoms with Gasteiger partial charge in [0.25, 0.3) is 0 Å². The predicted molar refractivity (Wildman–Crippen MR) is 95.5 cm³/mol. The Morgan fingerprint density at radius 3 is 2.48 bits per heavy atom. The largest absolute Gasteiger partial charge is 0.465 e. The number of nitrogens with zero attached hydrogens (tertiary/aromatic N) is 3. The van der Waals surface area contributed by atoms with Crippen LogP contribution >= 0.6 is 0 Å². The van der Waals surface area contributed by atoms with E-state index < -0.39 is 17.3 Å². The lowest BCUT2D eigenvalue weighted by molar-refractivity contribution is 0.0600. The number of nitriles is 3. The van der Waals surface area contributed by atoms with E-state index in [0.717, 1.165) is 5.57 Å². The number of hydrogen-bond acceptors (Lipinski definition) is 7. The molecule has 7 nitrogen and oxygen atoms in total. The summed E-state index contributed by atoms with van der Waals surface area (Å²) in [7, 11) is 1.30.